The number of hydrogen-bond donors (Lipinski definition) is 0. The maximum absolute atomic E-state index is 12.8. The number of esters is 1. The molecule has 0 saturated heterocycles. The third-order valence-corrected chi connectivity index (χ3v) is 5.64. The van der Waals surface area contributed by atoms with Crippen molar-refractivity contribution in [3.05, 3.63) is 83.5 Å². The maximum atomic E-state index is 12.8. The van der Waals surface area contributed by atoms with Crippen molar-refractivity contribution < 1.29 is 9.53 Å². The number of aryl methyl sites for hydroxylation is 1. The van der Waals surface area contributed by atoms with Gasteiger partial charge < -0.3 is 4.74 Å². The number of fused-ring (bicyclic) bond motifs is 2. The normalized spacial score (nSPS) is 11.2. The fraction of sp³-hybridized carbons (Fsp3) is 0.0455. The molecular formula is C22H15N3O2S. The largest absolute Gasteiger partial charge is 0.420 e. The minimum absolute atomic E-state index is 0.390. The summed E-state index contributed by atoms with van der Waals surface area (Å²) in [6.07, 6.45) is 1.69. The minimum atomic E-state index is -0.390. The highest BCUT2D eigenvalue weighted by Crippen LogP contribution is 2.32. The van der Waals surface area contributed by atoms with Crippen LogP contribution >= 0.6 is 11.3 Å². The molecule has 5 rings (SSSR count). The second-order valence-electron chi connectivity index (χ2n) is 6.38. The van der Waals surface area contributed by atoms with E-state index in [0.29, 0.717) is 16.1 Å². The van der Waals surface area contributed by atoms with Crippen LogP contribution in [0.5, 0.6) is 5.75 Å². The van der Waals surface area contributed by atoms with Gasteiger partial charge in [0, 0.05) is 17.0 Å². The van der Waals surface area contributed by atoms with Crippen molar-refractivity contribution in [3.8, 4) is 11.4 Å². The van der Waals surface area contributed by atoms with Crippen LogP contribution in [-0.4, -0.2) is 20.7 Å². The molecule has 0 aliphatic carbocycles. The first-order valence-electron chi connectivity index (χ1n) is 8.81. The highest BCUT2D eigenvalue weighted by Gasteiger charge is 2.19. The first-order chi connectivity index (χ1) is 13.7. The zero-order valence-corrected chi connectivity index (χ0v) is 15.8. The van der Waals surface area contributed by atoms with Gasteiger partial charge in [0.05, 0.1) is 11.4 Å². The first-order valence-corrected chi connectivity index (χ1v) is 9.63. The number of nitrogens with zero attached hydrogens (tertiary/aromatic N) is 3. The van der Waals surface area contributed by atoms with Gasteiger partial charge in [-0.1, -0.05) is 36.4 Å². The number of benzene rings is 2. The molecule has 3 aromatic heterocycles. The van der Waals surface area contributed by atoms with Crippen LogP contribution in [0.2, 0.25) is 0 Å². The molecule has 0 radical (unpaired) electrons. The summed E-state index contributed by atoms with van der Waals surface area (Å²) in [5.74, 6) is 0.0697. The lowest BCUT2D eigenvalue weighted by Gasteiger charge is -2.05. The Morgan fingerprint density at radius 3 is 2.71 bits per heavy atom. The number of carbonyl (C=O) groups is 1. The van der Waals surface area contributed by atoms with Crippen molar-refractivity contribution in [3.63, 3.8) is 0 Å². The third-order valence-electron chi connectivity index (χ3n) is 4.54. The third kappa shape index (κ3) is 2.75. The van der Waals surface area contributed by atoms with Crippen LogP contribution in [-0.2, 0) is 0 Å². The van der Waals surface area contributed by atoms with Crippen molar-refractivity contribution in [2.45, 2.75) is 6.92 Å². The van der Waals surface area contributed by atoms with Gasteiger partial charge in [-0.2, -0.15) is 5.10 Å². The Balaban J connectivity index is 1.53. The summed E-state index contributed by atoms with van der Waals surface area (Å²) < 4.78 is 7.54. The first kappa shape index (κ1) is 16.6. The van der Waals surface area contributed by atoms with Gasteiger partial charge in [0.1, 0.15) is 15.2 Å². The van der Waals surface area contributed by atoms with E-state index >= 15 is 0 Å². The summed E-state index contributed by atoms with van der Waals surface area (Å²) in [5, 5.41) is 6.50. The zero-order chi connectivity index (χ0) is 19.1. The van der Waals surface area contributed by atoms with E-state index in [1.807, 2.05) is 72.3 Å². The Kier molecular flexibility index (Phi) is 3.91. The number of pyridine rings is 1. The minimum Gasteiger partial charge on any atom is -0.420 e. The molecule has 0 bridgehead atoms. The molecule has 0 atom stereocenters. The summed E-state index contributed by atoms with van der Waals surface area (Å²) >= 11 is 1.38. The fourth-order valence-corrected chi connectivity index (χ4v) is 4.26. The highest BCUT2D eigenvalue weighted by atomic mass is 32.1. The van der Waals surface area contributed by atoms with Crippen LogP contribution in [0, 0.1) is 6.92 Å². The number of rotatable bonds is 3. The van der Waals surface area contributed by atoms with E-state index in [1.54, 1.807) is 12.3 Å². The average Bonchev–Trinajstić information content (AvgIpc) is 3.30. The van der Waals surface area contributed by atoms with Crippen LogP contribution in [0.3, 0.4) is 0 Å². The molecule has 6 heteroatoms. The van der Waals surface area contributed by atoms with E-state index in [0.717, 1.165) is 27.0 Å². The number of para-hydroxylation sites is 2. The molecule has 0 amide bonds. The Morgan fingerprint density at radius 1 is 1.04 bits per heavy atom. The molecule has 28 heavy (non-hydrogen) atoms. The lowest BCUT2D eigenvalue weighted by atomic mass is 10.2. The van der Waals surface area contributed by atoms with Gasteiger partial charge in [0.25, 0.3) is 0 Å². The number of aromatic nitrogens is 3. The van der Waals surface area contributed by atoms with E-state index in [4.69, 9.17) is 4.74 Å². The van der Waals surface area contributed by atoms with E-state index in [1.165, 1.54) is 11.3 Å². The summed E-state index contributed by atoms with van der Waals surface area (Å²) in [7, 11) is 0. The van der Waals surface area contributed by atoms with E-state index in [9.17, 15) is 4.79 Å². The predicted octanol–water partition coefficient (Wildman–Crippen LogP) is 5.16. The van der Waals surface area contributed by atoms with Gasteiger partial charge in [0.15, 0.2) is 5.75 Å². The van der Waals surface area contributed by atoms with Crippen molar-refractivity contribution in [2.75, 3.05) is 0 Å². The molecule has 5 aromatic rings. The second-order valence-corrected chi connectivity index (χ2v) is 7.41. The zero-order valence-electron chi connectivity index (χ0n) is 15.0. The van der Waals surface area contributed by atoms with Crippen molar-refractivity contribution in [1.82, 2.24) is 14.8 Å². The maximum Gasteiger partial charge on any atom is 0.353 e. The Bertz CT molecular complexity index is 1320. The lowest BCUT2D eigenvalue weighted by Crippen LogP contribution is -2.07. The quantitative estimate of drug-likeness (QED) is 0.318. The molecule has 3 heterocycles. The molecule has 0 unspecified atom stereocenters. The molecule has 2 aromatic carbocycles. The Morgan fingerprint density at radius 2 is 1.86 bits per heavy atom. The van der Waals surface area contributed by atoms with Crippen LogP contribution in [0.15, 0.2) is 72.9 Å². The molecule has 136 valence electrons. The highest BCUT2D eigenvalue weighted by molar-refractivity contribution is 7.20. The van der Waals surface area contributed by atoms with Gasteiger partial charge in [-0.3, -0.25) is 4.98 Å². The summed E-state index contributed by atoms with van der Waals surface area (Å²) in [6, 6.07) is 21.1. The molecule has 0 saturated carbocycles. The van der Waals surface area contributed by atoms with Gasteiger partial charge in [-0.25, -0.2) is 9.48 Å². The molecular weight excluding hydrogens is 370 g/mol. The molecule has 0 N–H and O–H groups in total. The van der Waals surface area contributed by atoms with E-state index < -0.39 is 5.97 Å². The van der Waals surface area contributed by atoms with Gasteiger partial charge in [0.2, 0.25) is 0 Å². The number of carbonyl (C=O) groups excluding carboxylic acids is 1. The smallest absolute Gasteiger partial charge is 0.353 e. The number of hydrogen-bond acceptors (Lipinski definition) is 5. The topological polar surface area (TPSA) is 57.0 Å². The fourth-order valence-electron chi connectivity index (χ4n) is 3.20. The van der Waals surface area contributed by atoms with Crippen LogP contribution in [0.4, 0.5) is 0 Å². The predicted molar refractivity (Wildman–Crippen MR) is 110 cm³/mol. The van der Waals surface area contributed by atoms with Crippen molar-refractivity contribution >= 4 is 38.4 Å². The molecule has 5 nitrogen and oxygen atoms in total. The monoisotopic (exact) mass is 385 g/mol. The van der Waals surface area contributed by atoms with Crippen molar-refractivity contribution in [2.24, 2.45) is 0 Å². The van der Waals surface area contributed by atoms with Gasteiger partial charge in [-0.05, 0) is 37.3 Å². The van der Waals surface area contributed by atoms with E-state index in [2.05, 4.69) is 10.1 Å². The second kappa shape index (κ2) is 6.58. The SMILES string of the molecule is Cc1nn(-c2ccccc2)c2sc(C(=O)Oc3cccc4cccnc34)cc12. The standard InChI is InChI=1S/C22H15N3O2S/c1-14-17-13-19(28-21(17)25(24-14)16-9-3-2-4-10-16)22(26)27-18-11-5-7-15-8-6-12-23-20(15)18/h2-13H,1H3. The molecule has 0 aliphatic rings. The van der Waals surface area contributed by atoms with Crippen LogP contribution in [0.1, 0.15) is 15.4 Å². The van der Waals surface area contributed by atoms with Crippen molar-refractivity contribution in [1.29, 1.82) is 0 Å². The summed E-state index contributed by atoms with van der Waals surface area (Å²) in [4.78, 5) is 18.6. The molecule has 0 aliphatic heterocycles. The van der Waals surface area contributed by atoms with E-state index in [-0.39, 0.29) is 0 Å². The number of thiophene rings is 1. The Labute approximate surface area is 164 Å². The number of ether oxygens (including phenoxy) is 1. The molecule has 0 fully saturated rings. The van der Waals surface area contributed by atoms with Gasteiger partial charge in [-0.15, -0.1) is 11.3 Å². The molecule has 0 spiro atoms. The average molecular weight is 385 g/mol. The van der Waals surface area contributed by atoms with Gasteiger partial charge >= 0.3 is 5.97 Å². The van der Waals surface area contributed by atoms with Crippen LogP contribution < -0.4 is 4.74 Å². The van der Waals surface area contributed by atoms with Crippen LogP contribution in [0.25, 0.3) is 26.8 Å². The summed E-state index contributed by atoms with van der Waals surface area (Å²) in [5.41, 5.74) is 2.51. The summed E-state index contributed by atoms with van der Waals surface area (Å²) in [6.45, 7) is 1.94. The Hall–Kier alpha value is -3.51. The lowest BCUT2D eigenvalue weighted by molar-refractivity contribution is 0.0742.